The quantitative estimate of drug-likeness (QED) is 0.340. The first kappa shape index (κ1) is 17.2. The molecule has 0 spiro atoms. The zero-order chi connectivity index (χ0) is 15.9. The Hall–Kier alpha value is -2.75. The van der Waals surface area contributed by atoms with Crippen LogP contribution in [0.1, 0.15) is 12.8 Å². The first-order valence-electron chi connectivity index (χ1n) is 4.90. The van der Waals surface area contributed by atoms with Gasteiger partial charge in [-0.2, -0.15) is 0 Å². The molecule has 0 saturated carbocycles. The van der Waals surface area contributed by atoms with E-state index >= 15 is 0 Å². The summed E-state index contributed by atoms with van der Waals surface area (Å²) in [6.45, 7) is 0. The van der Waals surface area contributed by atoms with Gasteiger partial charge in [-0.3, -0.25) is 9.59 Å². The molecule has 0 fully saturated rings. The van der Waals surface area contributed by atoms with Crippen molar-refractivity contribution >= 4 is 29.8 Å². The summed E-state index contributed by atoms with van der Waals surface area (Å²) in [5, 5.41) is 33.8. The average molecular weight is 290 g/mol. The second-order valence-electron chi connectivity index (χ2n) is 3.55. The second-order valence-corrected chi connectivity index (χ2v) is 3.55. The Morgan fingerprint density at radius 1 is 0.950 bits per heavy atom. The molecule has 0 aromatic rings. The highest BCUT2D eigenvalue weighted by atomic mass is 16.6. The third-order valence-electron chi connectivity index (χ3n) is 1.84. The Bertz CT molecular complexity index is 442. The number of cyclic esters (lactones) is 2. The summed E-state index contributed by atoms with van der Waals surface area (Å²) in [5.41, 5.74) is -2.74. The number of hydrogen-bond donors (Lipinski definition) is 4. The summed E-state index contributed by atoms with van der Waals surface area (Å²) in [6.07, 6.45) is -0.117. The Morgan fingerprint density at radius 3 is 1.45 bits per heavy atom. The minimum absolute atomic E-state index is 0.579. The van der Waals surface area contributed by atoms with Crippen LogP contribution in [0.4, 0.5) is 0 Å². The topological polar surface area (TPSA) is 175 Å². The molecule has 0 unspecified atom stereocenters. The van der Waals surface area contributed by atoms with E-state index in [1.807, 2.05) is 0 Å². The van der Waals surface area contributed by atoms with E-state index in [-0.39, 0.29) is 0 Å². The third-order valence-corrected chi connectivity index (χ3v) is 1.84. The molecule has 0 aromatic carbocycles. The molecular weight excluding hydrogens is 280 g/mol. The van der Waals surface area contributed by atoms with E-state index in [9.17, 15) is 24.0 Å². The number of aliphatic carboxylic acids is 3. The molecular formula is C10H10O10. The molecule has 0 saturated heterocycles. The lowest BCUT2D eigenvalue weighted by Crippen LogP contribution is -2.42. The van der Waals surface area contributed by atoms with Gasteiger partial charge in [0.2, 0.25) is 0 Å². The lowest BCUT2D eigenvalue weighted by atomic mass is 9.96. The van der Waals surface area contributed by atoms with Gasteiger partial charge in [0.25, 0.3) is 0 Å². The third kappa shape index (κ3) is 6.26. The summed E-state index contributed by atoms with van der Waals surface area (Å²) in [5.74, 6) is -6.18. The van der Waals surface area contributed by atoms with E-state index in [1.165, 1.54) is 0 Å². The number of carboxylic acids is 3. The van der Waals surface area contributed by atoms with Gasteiger partial charge in [-0.1, -0.05) is 0 Å². The van der Waals surface area contributed by atoms with Gasteiger partial charge >= 0.3 is 29.8 Å². The highest BCUT2D eigenvalue weighted by molar-refractivity contribution is 6.04. The highest BCUT2D eigenvalue weighted by Crippen LogP contribution is 2.15. The molecule has 10 nitrogen and oxygen atoms in total. The molecule has 4 N–H and O–H groups in total. The van der Waals surface area contributed by atoms with Crippen LogP contribution in [-0.4, -0.2) is 55.9 Å². The van der Waals surface area contributed by atoms with Crippen LogP contribution in [0.25, 0.3) is 0 Å². The normalized spacial score (nSPS) is 13.2. The summed E-state index contributed by atoms with van der Waals surface area (Å²) in [7, 11) is 0. The number of aliphatic hydroxyl groups is 1. The molecule has 1 aliphatic heterocycles. The number of hydrogen-bond acceptors (Lipinski definition) is 7. The van der Waals surface area contributed by atoms with Crippen molar-refractivity contribution in [2.24, 2.45) is 0 Å². The van der Waals surface area contributed by atoms with Gasteiger partial charge in [-0.05, 0) is 0 Å². The van der Waals surface area contributed by atoms with Crippen molar-refractivity contribution in [1.29, 1.82) is 0 Å². The number of esters is 2. The lowest BCUT2D eigenvalue weighted by molar-refractivity contribution is -0.170. The largest absolute Gasteiger partial charge is 0.481 e. The van der Waals surface area contributed by atoms with Crippen LogP contribution in [0.5, 0.6) is 0 Å². The molecule has 0 atom stereocenters. The number of ether oxygens (including phenoxy) is 1. The highest BCUT2D eigenvalue weighted by Gasteiger charge is 2.40. The van der Waals surface area contributed by atoms with Gasteiger partial charge in [0.1, 0.15) is 0 Å². The van der Waals surface area contributed by atoms with E-state index in [4.69, 9.17) is 20.4 Å². The summed E-state index contributed by atoms with van der Waals surface area (Å²) in [6, 6.07) is 0. The molecule has 110 valence electrons. The molecule has 0 radical (unpaired) electrons. The van der Waals surface area contributed by atoms with Crippen molar-refractivity contribution < 1.29 is 49.1 Å². The van der Waals surface area contributed by atoms with Crippen LogP contribution in [0.2, 0.25) is 0 Å². The van der Waals surface area contributed by atoms with Crippen molar-refractivity contribution in [3.05, 3.63) is 12.2 Å². The molecule has 1 rings (SSSR count). The Labute approximate surface area is 110 Å². The second kappa shape index (κ2) is 6.99. The Balaban J connectivity index is 0.000000428. The maximum Gasteiger partial charge on any atom is 0.338 e. The van der Waals surface area contributed by atoms with Gasteiger partial charge in [-0.25, -0.2) is 14.4 Å². The van der Waals surface area contributed by atoms with Crippen LogP contribution in [0.15, 0.2) is 12.2 Å². The first-order chi connectivity index (χ1) is 9.06. The van der Waals surface area contributed by atoms with E-state index in [2.05, 4.69) is 4.74 Å². The van der Waals surface area contributed by atoms with Crippen molar-refractivity contribution in [3.8, 4) is 0 Å². The van der Waals surface area contributed by atoms with Crippen LogP contribution in [-0.2, 0) is 28.7 Å². The fraction of sp³-hybridized carbons (Fsp3) is 0.300. The Kier molecular flexibility index (Phi) is 6.03. The molecule has 0 aliphatic carbocycles. The SMILES string of the molecule is O=C(O)CC(O)(CC(=O)O)C(=O)O.O=C1C=CC(=O)O1. The van der Waals surface area contributed by atoms with Crippen molar-refractivity contribution in [2.45, 2.75) is 18.4 Å². The average Bonchev–Trinajstić information content (AvgIpc) is 2.60. The van der Waals surface area contributed by atoms with Gasteiger partial charge in [-0.15, -0.1) is 0 Å². The van der Waals surface area contributed by atoms with Crippen LogP contribution in [0, 0.1) is 0 Å². The van der Waals surface area contributed by atoms with E-state index < -0.39 is 48.3 Å². The number of carbonyl (C=O) groups excluding carboxylic acids is 2. The van der Waals surface area contributed by atoms with Gasteiger partial charge in [0.05, 0.1) is 12.8 Å². The fourth-order valence-electron chi connectivity index (χ4n) is 1.02. The molecule has 20 heavy (non-hydrogen) atoms. The van der Waals surface area contributed by atoms with Crippen LogP contribution >= 0.6 is 0 Å². The van der Waals surface area contributed by atoms with Gasteiger partial charge in [0, 0.05) is 12.2 Å². The first-order valence-corrected chi connectivity index (χ1v) is 4.90. The molecule has 0 amide bonds. The predicted octanol–water partition coefficient (Wildman–Crippen LogP) is -1.62. The smallest absolute Gasteiger partial charge is 0.338 e. The summed E-state index contributed by atoms with van der Waals surface area (Å²) < 4.78 is 3.97. The van der Waals surface area contributed by atoms with Crippen molar-refractivity contribution in [2.75, 3.05) is 0 Å². The maximum absolute atomic E-state index is 10.3. The zero-order valence-corrected chi connectivity index (χ0v) is 9.81. The monoisotopic (exact) mass is 290 g/mol. The number of carbonyl (C=O) groups is 5. The molecule has 1 heterocycles. The van der Waals surface area contributed by atoms with Gasteiger partial charge < -0.3 is 25.2 Å². The van der Waals surface area contributed by atoms with Crippen LogP contribution < -0.4 is 0 Å². The van der Waals surface area contributed by atoms with E-state index in [0.717, 1.165) is 12.2 Å². The fourth-order valence-corrected chi connectivity index (χ4v) is 1.02. The van der Waals surface area contributed by atoms with Crippen LogP contribution in [0.3, 0.4) is 0 Å². The molecule has 0 aromatic heterocycles. The predicted molar refractivity (Wildman–Crippen MR) is 57.3 cm³/mol. The van der Waals surface area contributed by atoms with Crippen molar-refractivity contribution in [1.82, 2.24) is 0 Å². The number of carboxylic acid groups (broad SMARTS) is 3. The van der Waals surface area contributed by atoms with Crippen molar-refractivity contribution in [3.63, 3.8) is 0 Å². The molecule has 10 heteroatoms. The molecule has 0 bridgehead atoms. The lowest BCUT2D eigenvalue weighted by Gasteiger charge is -2.18. The minimum Gasteiger partial charge on any atom is -0.481 e. The van der Waals surface area contributed by atoms with E-state index in [1.54, 1.807) is 0 Å². The molecule has 1 aliphatic rings. The standard InChI is InChI=1S/C6H8O7.C4H2O3/c7-3(8)1-6(13,5(11)12)2-4(9)10;5-3-1-2-4(6)7-3/h13H,1-2H2,(H,7,8)(H,9,10)(H,11,12);1-2H. The minimum atomic E-state index is -2.74. The van der Waals surface area contributed by atoms with Gasteiger partial charge in [0.15, 0.2) is 5.60 Å². The summed E-state index contributed by atoms with van der Waals surface area (Å²) >= 11 is 0. The summed E-state index contributed by atoms with van der Waals surface area (Å²) in [4.78, 5) is 50.3. The maximum atomic E-state index is 10.3. The number of rotatable bonds is 5. The zero-order valence-electron chi connectivity index (χ0n) is 9.81. The van der Waals surface area contributed by atoms with E-state index in [0.29, 0.717) is 0 Å². The Morgan fingerprint density at radius 2 is 1.30 bits per heavy atom.